The third-order valence-corrected chi connectivity index (χ3v) is 4.60. The van der Waals surface area contributed by atoms with Crippen molar-refractivity contribution in [1.82, 2.24) is 4.90 Å². The van der Waals surface area contributed by atoms with E-state index in [0.29, 0.717) is 17.3 Å². The minimum absolute atomic E-state index is 0.00347. The van der Waals surface area contributed by atoms with Gasteiger partial charge in [-0.15, -0.1) is 0 Å². The maximum atomic E-state index is 12.5. The molecule has 116 valence electrons. The summed E-state index contributed by atoms with van der Waals surface area (Å²) in [4.78, 5) is 14.4. The van der Waals surface area contributed by atoms with Gasteiger partial charge in [0, 0.05) is 23.7 Å². The molecule has 0 radical (unpaired) electrons. The van der Waals surface area contributed by atoms with Gasteiger partial charge in [-0.1, -0.05) is 11.6 Å². The van der Waals surface area contributed by atoms with Gasteiger partial charge in [0.2, 0.25) is 0 Å². The van der Waals surface area contributed by atoms with Gasteiger partial charge in [0.25, 0.3) is 5.91 Å². The number of hydrogen-bond acceptors (Lipinski definition) is 3. The molecule has 1 aromatic rings. The summed E-state index contributed by atoms with van der Waals surface area (Å²) in [6, 6.07) is 5.58. The zero-order valence-electron chi connectivity index (χ0n) is 12.2. The van der Waals surface area contributed by atoms with E-state index in [0.717, 1.165) is 17.3 Å². The number of amides is 1. The summed E-state index contributed by atoms with van der Waals surface area (Å²) < 4.78 is 6.50. The molecule has 2 N–H and O–H groups in total. The monoisotopic (exact) mass is 374 g/mol. The van der Waals surface area contributed by atoms with Crippen molar-refractivity contribution in [1.29, 1.82) is 0 Å². The Balaban J connectivity index is 2.02. The van der Waals surface area contributed by atoms with Crippen LogP contribution in [0.3, 0.4) is 0 Å². The number of benzene rings is 1. The molecule has 2 rings (SSSR count). The summed E-state index contributed by atoms with van der Waals surface area (Å²) in [5.41, 5.74) is 5.93. The average molecular weight is 376 g/mol. The maximum absolute atomic E-state index is 12.5. The number of piperidine rings is 1. The topological polar surface area (TPSA) is 55.6 Å². The maximum Gasteiger partial charge on any atom is 0.263 e. The number of hydrogen-bond donors (Lipinski definition) is 1. The highest BCUT2D eigenvalue weighted by Crippen LogP contribution is 2.29. The van der Waals surface area contributed by atoms with Crippen molar-refractivity contribution in [2.24, 2.45) is 5.73 Å². The molecule has 0 unspecified atom stereocenters. The van der Waals surface area contributed by atoms with E-state index in [2.05, 4.69) is 15.9 Å². The van der Waals surface area contributed by atoms with Crippen molar-refractivity contribution in [3.8, 4) is 5.75 Å². The Labute approximate surface area is 138 Å². The minimum Gasteiger partial charge on any atom is -0.480 e. The molecule has 21 heavy (non-hydrogen) atoms. The summed E-state index contributed by atoms with van der Waals surface area (Å²) in [6.07, 6.45) is 1.13. The van der Waals surface area contributed by atoms with Crippen LogP contribution in [-0.2, 0) is 4.79 Å². The third kappa shape index (κ3) is 4.11. The molecular weight excluding hydrogens is 356 g/mol. The van der Waals surface area contributed by atoms with E-state index in [4.69, 9.17) is 22.1 Å². The van der Waals surface area contributed by atoms with Crippen molar-refractivity contribution >= 4 is 33.4 Å². The first-order valence-electron chi connectivity index (χ1n) is 7.06. The normalized spacial score (nSPS) is 23.8. The summed E-state index contributed by atoms with van der Waals surface area (Å²) >= 11 is 9.29. The van der Waals surface area contributed by atoms with E-state index >= 15 is 0 Å². The molecule has 0 spiro atoms. The van der Waals surface area contributed by atoms with Crippen LogP contribution in [0.2, 0.25) is 5.02 Å². The van der Waals surface area contributed by atoms with Crippen molar-refractivity contribution in [3.05, 3.63) is 27.7 Å². The van der Waals surface area contributed by atoms with Gasteiger partial charge in [0.1, 0.15) is 5.75 Å². The summed E-state index contributed by atoms with van der Waals surface area (Å²) in [5.74, 6) is 0.609. The van der Waals surface area contributed by atoms with E-state index in [-0.39, 0.29) is 18.0 Å². The van der Waals surface area contributed by atoms with Gasteiger partial charge in [-0.25, -0.2) is 0 Å². The van der Waals surface area contributed by atoms with Crippen molar-refractivity contribution in [3.63, 3.8) is 0 Å². The molecule has 1 aromatic carbocycles. The average Bonchev–Trinajstić information content (AvgIpc) is 2.41. The number of rotatable bonds is 3. The SMILES string of the molecule is C[C@H](Oc1ccc(Cl)cc1Br)C(=O)N1CC[C@H](N)C[C@H]1C. The van der Waals surface area contributed by atoms with Crippen LogP contribution < -0.4 is 10.5 Å². The van der Waals surface area contributed by atoms with Crippen LogP contribution in [0.15, 0.2) is 22.7 Å². The Morgan fingerprint density at radius 3 is 2.90 bits per heavy atom. The fraction of sp³-hybridized carbons (Fsp3) is 0.533. The van der Waals surface area contributed by atoms with Gasteiger partial charge in [-0.3, -0.25) is 4.79 Å². The van der Waals surface area contributed by atoms with Crippen LogP contribution in [0.5, 0.6) is 5.75 Å². The number of nitrogens with two attached hydrogens (primary N) is 1. The molecule has 1 aliphatic rings. The van der Waals surface area contributed by atoms with Gasteiger partial charge in [-0.05, 0) is 60.8 Å². The fourth-order valence-electron chi connectivity index (χ4n) is 2.58. The lowest BCUT2D eigenvalue weighted by atomic mass is 9.98. The van der Waals surface area contributed by atoms with Gasteiger partial charge in [0.05, 0.1) is 4.47 Å². The van der Waals surface area contributed by atoms with Crippen LogP contribution in [-0.4, -0.2) is 35.5 Å². The van der Waals surface area contributed by atoms with E-state index in [1.54, 1.807) is 25.1 Å². The molecule has 1 saturated heterocycles. The number of carbonyl (C=O) groups is 1. The largest absolute Gasteiger partial charge is 0.480 e. The molecule has 0 bridgehead atoms. The van der Waals surface area contributed by atoms with Crippen LogP contribution in [0, 0.1) is 0 Å². The van der Waals surface area contributed by atoms with E-state index < -0.39 is 6.10 Å². The van der Waals surface area contributed by atoms with Gasteiger partial charge in [-0.2, -0.15) is 0 Å². The van der Waals surface area contributed by atoms with Crippen LogP contribution >= 0.6 is 27.5 Å². The quantitative estimate of drug-likeness (QED) is 0.882. The number of nitrogens with zero attached hydrogens (tertiary/aromatic N) is 1. The first-order chi connectivity index (χ1) is 9.88. The Kier molecular flexibility index (Phi) is 5.52. The number of ether oxygens (including phenoxy) is 1. The highest BCUT2D eigenvalue weighted by molar-refractivity contribution is 9.10. The first kappa shape index (κ1) is 16.6. The molecule has 1 fully saturated rings. The Morgan fingerprint density at radius 2 is 2.29 bits per heavy atom. The molecule has 6 heteroatoms. The van der Waals surface area contributed by atoms with Crippen molar-refractivity contribution < 1.29 is 9.53 Å². The summed E-state index contributed by atoms with van der Waals surface area (Å²) in [5, 5.41) is 0.617. The molecule has 3 atom stereocenters. The second-order valence-corrected chi connectivity index (χ2v) is 6.79. The third-order valence-electron chi connectivity index (χ3n) is 3.75. The second-order valence-electron chi connectivity index (χ2n) is 5.50. The Morgan fingerprint density at radius 1 is 1.57 bits per heavy atom. The van der Waals surface area contributed by atoms with Crippen LogP contribution in [0.4, 0.5) is 0 Å². The lowest BCUT2D eigenvalue weighted by Crippen LogP contribution is -2.51. The van der Waals surface area contributed by atoms with Crippen LogP contribution in [0.25, 0.3) is 0 Å². The fourth-order valence-corrected chi connectivity index (χ4v) is 3.36. The summed E-state index contributed by atoms with van der Waals surface area (Å²) in [7, 11) is 0. The zero-order chi connectivity index (χ0) is 15.6. The molecule has 0 aliphatic carbocycles. The lowest BCUT2D eigenvalue weighted by molar-refractivity contribution is -0.141. The van der Waals surface area contributed by atoms with Gasteiger partial charge >= 0.3 is 0 Å². The predicted octanol–water partition coefficient (Wildman–Crippen LogP) is 3.21. The standard InChI is InChI=1S/C15H20BrClN2O2/c1-9-7-12(18)5-6-19(9)15(20)10(2)21-14-4-3-11(17)8-13(14)16/h3-4,8-10,12H,5-7,18H2,1-2H3/t9-,10+,12+/m1/s1. The van der Waals surface area contributed by atoms with Gasteiger partial charge in [0.15, 0.2) is 6.10 Å². The molecule has 1 aliphatic heterocycles. The zero-order valence-corrected chi connectivity index (χ0v) is 14.5. The molecule has 4 nitrogen and oxygen atoms in total. The number of halogens is 2. The molecule has 0 aromatic heterocycles. The highest BCUT2D eigenvalue weighted by Gasteiger charge is 2.30. The molecular formula is C15H20BrClN2O2. The first-order valence-corrected chi connectivity index (χ1v) is 8.23. The lowest BCUT2D eigenvalue weighted by Gasteiger charge is -2.37. The van der Waals surface area contributed by atoms with E-state index in [1.165, 1.54) is 0 Å². The number of carbonyl (C=O) groups excluding carboxylic acids is 1. The highest BCUT2D eigenvalue weighted by atomic mass is 79.9. The van der Waals surface area contributed by atoms with Crippen molar-refractivity contribution in [2.75, 3.05) is 6.54 Å². The smallest absolute Gasteiger partial charge is 0.263 e. The second kappa shape index (κ2) is 6.99. The van der Waals surface area contributed by atoms with E-state index in [9.17, 15) is 4.79 Å². The van der Waals surface area contributed by atoms with Crippen molar-refractivity contribution in [2.45, 2.75) is 44.9 Å². The van der Waals surface area contributed by atoms with Crippen LogP contribution in [0.1, 0.15) is 26.7 Å². The molecule has 1 amide bonds. The molecule has 0 saturated carbocycles. The Hall–Kier alpha value is -0.780. The minimum atomic E-state index is -0.542. The predicted molar refractivity (Wildman–Crippen MR) is 87.6 cm³/mol. The Bertz CT molecular complexity index is 526. The summed E-state index contributed by atoms with van der Waals surface area (Å²) in [6.45, 7) is 4.49. The number of likely N-dealkylation sites (tertiary alicyclic amines) is 1. The van der Waals surface area contributed by atoms with Gasteiger partial charge < -0.3 is 15.4 Å². The van der Waals surface area contributed by atoms with E-state index in [1.807, 2.05) is 11.8 Å². The molecule has 1 heterocycles.